The summed E-state index contributed by atoms with van der Waals surface area (Å²) >= 11 is 21.9. The molecular weight excluding hydrogens is 2050 g/mol. The molecule has 0 fully saturated rings. The monoisotopic (exact) mass is 2180 g/mol. The Morgan fingerprint density at radius 3 is 1.20 bits per heavy atom. The topological polar surface area (TPSA) is 517 Å². The number of aromatic nitrogens is 6. The Labute approximate surface area is 858 Å². The van der Waals surface area contributed by atoms with Gasteiger partial charge in [0.15, 0.2) is 17.5 Å². The lowest BCUT2D eigenvalue weighted by atomic mass is 10.2. The largest absolute Gasteiger partial charge is 0.494 e. The minimum Gasteiger partial charge on any atom is -0.494 e. The molecule has 0 spiro atoms. The van der Waals surface area contributed by atoms with Gasteiger partial charge in [0.25, 0.3) is 0 Å². The first-order chi connectivity index (χ1) is 67.4. The first kappa shape index (κ1) is 128. The van der Waals surface area contributed by atoms with Gasteiger partial charge in [0, 0.05) is 136 Å². The number of carboxylic acids is 1. The second kappa shape index (κ2) is 68.3. The molecule has 1 amide bonds. The number of hydrogen-bond acceptors (Lipinski definition) is 39. The molecule has 10 N–H and O–H groups in total. The van der Waals surface area contributed by atoms with E-state index in [0.717, 1.165) is 51.1 Å². The number of hydrogen-bond donors (Lipinski definition) is 10. The summed E-state index contributed by atoms with van der Waals surface area (Å²) in [5, 5.41) is 66.5. The van der Waals surface area contributed by atoms with Crippen LogP contribution >= 0.6 is 72.2 Å². The van der Waals surface area contributed by atoms with Crippen molar-refractivity contribution in [1.29, 1.82) is 0 Å². The Bertz CT molecular complexity index is 5620. The Balaban J connectivity index is 0.000000626. The summed E-state index contributed by atoms with van der Waals surface area (Å²) in [6.45, 7) is 24.8. The summed E-state index contributed by atoms with van der Waals surface area (Å²) in [5.41, 5.74) is 2.03. The summed E-state index contributed by atoms with van der Waals surface area (Å²) in [4.78, 5) is 87.3. The highest BCUT2D eigenvalue weighted by Gasteiger charge is 2.27. The summed E-state index contributed by atoms with van der Waals surface area (Å²) in [5.74, 6) is -0.0954. The number of carboxylic acid groups (broad SMARTS) is 1. The van der Waals surface area contributed by atoms with Gasteiger partial charge in [0.05, 0.1) is 142 Å². The number of methoxy groups -OCH3 is 8. The lowest BCUT2D eigenvalue weighted by Crippen LogP contribution is -2.28. The molecule has 3 aromatic heterocycles. The molecule has 0 bridgehead atoms. The number of likely N-dealkylation sites (N-methyl/N-ethyl adjacent to an activating group) is 5. The molecule has 0 aliphatic heterocycles. The fourth-order valence-corrected chi connectivity index (χ4v) is 15.5. The zero-order chi connectivity index (χ0) is 106. The number of nitro groups is 2. The Morgan fingerprint density at radius 1 is 0.497 bits per heavy atom. The summed E-state index contributed by atoms with van der Waals surface area (Å²) in [7, 11) is 14.1. The van der Waals surface area contributed by atoms with E-state index in [-0.39, 0.29) is 107 Å². The number of aliphatic hydroxyl groups is 1. The maximum absolute atomic E-state index is 13.9. The predicted octanol–water partition coefficient (Wildman–Crippen LogP) is 14.2. The highest BCUT2D eigenvalue weighted by atomic mass is 79.9. The van der Waals surface area contributed by atoms with Crippen molar-refractivity contribution in [1.82, 2.24) is 54.8 Å². The standard InChI is InChI=1S/C27H34ClN6O5P.C25H32ClN6O6P.C19H18ClFN5O4P.C6H13NO3.C6H15NO2.C4H7BrO2.C4H11NO.B/c1-7-25(35)30-21-14-20(22(38-4)15-23(21)39-13-12-34(2)17-37-3)32-27-29-16-18(28)26(33-27)31-19-10-8-9-11-24(19)40(5,6)36;1-31(10-12-36-2)11-13-38-22-15-21(37-3)19(14-20(22)32(33)34)29-25-27-16-17(26)24(30-25)28-18-8-6-7-9-23(18)39(4,5)35;1-30-16-8-12(21)15(26(27)28)9-14(16)24-19-22-10-11(20)18(25-19)23-13-6-4-5-7-17(13)31(2,3)29;1-7(3-4-10-2)5-6(8)9;1-7(3-5-8)4-6-9-2;1-2-7-4(6)3-5;1-5-3-4-6-2;/h7-11,14-16H,1,12-13,17H2,2-6H3,(H,30,35)(H2,29,31,32,33);6-9,14-16H,10-13H2,1-5H3,(H2,27,28,29,30);4-10H,1-3H3,(H2,22,23,24,25);3-5H2,1-2H3,(H,8,9);8H,3-6H2,1-2H3;2-3H2,1H3;5H,3-4H2,1-2H3;. The first-order valence-corrected chi connectivity index (χ1v) is 53.2. The Kier molecular flexibility index (Phi) is 61.1. The SMILES string of the molecule is C=CC(=O)Nc1cc(Nc2ncc(Cl)c(Nc3ccccc3P(C)(C)=O)n2)c(OC)cc1OCCN(C)COC.CCOC(=O)CBr.CNCCOC.COCCN(C)CC(=O)O.COCCN(C)CCO.COCCN(C)CCOc1cc(OC)c(Nc2ncc(Cl)c(Nc3ccccc3P(C)(C)=O)n2)cc1[N+](=O)[O-].COc1cc(F)c([N+](=O)[O-])cc1Nc1ncc(Cl)c(Nc2ccccc2P(C)(C)=O)n1.[B]. The van der Waals surface area contributed by atoms with Crippen molar-refractivity contribution in [2.45, 2.75) is 6.92 Å². The number of nitrogens with one attached hydrogen (secondary N) is 8. The highest BCUT2D eigenvalue weighted by Crippen LogP contribution is 2.45. The molecule has 0 saturated carbocycles. The Hall–Kier alpha value is -11.1. The van der Waals surface area contributed by atoms with E-state index in [2.05, 4.69) is 99.7 Å². The van der Waals surface area contributed by atoms with Crippen LogP contribution < -0.4 is 82.1 Å². The van der Waals surface area contributed by atoms with Gasteiger partial charge in [0.2, 0.25) is 35.3 Å². The number of rotatable bonds is 50. The first-order valence-electron chi connectivity index (χ1n) is 43.2. The number of nitro benzene ring substituents is 2. The van der Waals surface area contributed by atoms with E-state index in [1.807, 2.05) is 61.1 Å². The zero-order valence-electron chi connectivity index (χ0n) is 83.8. The van der Waals surface area contributed by atoms with E-state index in [1.54, 1.807) is 161 Å². The molecular formula is C91H130BBrCl3FN20O23P3. The molecule has 3 radical (unpaired) electrons. The summed E-state index contributed by atoms with van der Waals surface area (Å²) in [6, 6.07) is 29.4. The molecule has 0 unspecified atom stereocenters. The van der Waals surface area contributed by atoms with Crippen LogP contribution in [-0.4, -0.2) is 345 Å². The number of aliphatic carboxylic acids is 1. The van der Waals surface area contributed by atoms with Crippen molar-refractivity contribution in [2.24, 2.45) is 0 Å². The third-order valence-electron chi connectivity index (χ3n) is 18.6. The van der Waals surface area contributed by atoms with Crippen molar-refractivity contribution in [3.63, 3.8) is 0 Å². The minimum absolute atomic E-state index is 0. The van der Waals surface area contributed by atoms with Crippen LogP contribution in [-0.2, 0) is 56.5 Å². The molecule has 143 heavy (non-hydrogen) atoms. The van der Waals surface area contributed by atoms with Gasteiger partial charge in [-0.25, -0.2) is 15.0 Å². The second-order valence-electron chi connectivity index (χ2n) is 31.0. The van der Waals surface area contributed by atoms with Crippen LogP contribution in [0.4, 0.5) is 90.9 Å². The fourth-order valence-electron chi connectivity index (χ4n) is 11.4. The molecule has 785 valence electrons. The lowest BCUT2D eigenvalue weighted by Gasteiger charge is -2.19. The number of aliphatic hydroxyl groups excluding tert-OH is 1. The minimum atomic E-state index is -2.59. The molecule has 9 aromatic rings. The fraction of sp³-hybridized carbons (Fsp3) is 0.418. The maximum Gasteiger partial charge on any atom is 0.317 e. The molecule has 52 heteroatoms. The molecule has 0 aliphatic rings. The zero-order valence-corrected chi connectivity index (χ0v) is 90.3. The molecule has 43 nitrogen and oxygen atoms in total. The van der Waals surface area contributed by atoms with E-state index < -0.39 is 54.7 Å². The smallest absolute Gasteiger partial charge is 0.317 e. The van der Waals surface area contributed by atoms with Gasteiger partial charge < -0.3 is 128 Å². The molecule has 9 rings (SSSR count). The number of amides is 1. The van der Waals surface area contributed by atoms with Crippen molar-refractivity contribution in [3.8, 4) is 28.7 Å². The van der Waals surface area contributed by atoms with E-state index in [4.69, 9.17) is 92.4 Å². The van der Waals surface area contributed by atoms with Gasteiger partial charge >= 0.3 is 23.3 Å². The number of nitrogens with zero attached hydrogens (tertiary/aromatic N) is 12. The molecule has 0 atom stereocenters. The second-order valence-corrected chi connectivity index (χ2v) is 42.3. The van der Waals surface area contributed by atoms with Crippen molar-refractivity contribution < 1.29 is 105 Å². The summed E-state index contributed by atoms with van der Waals surface area (Å²) < 4.78 is 109. The van der Waals surface area contributed by atoms with Gasteiger partial charge in [-0.1, -0.05) is 93.7 Å². The number of anilines is 13. The summed E-state index contributed by atoms with van der Waals surface area (Å²) in [6.07, 6.45) is 5.32. The quantitative estimate of drug-likeness (QED) is 0.00195. The van der Waals surface area contributed by atoms with Crippen LogP contribution in [0.2, 0.25) is 15.1 Å². The average molecular weight is 2180 g/mol. The number of carbonyl (C=O) groups excluding carboxylic acids is 2. The van der Waals surface area contributed by atoms with Crippen LogP contribution in [0.15, 0.2) is 140 Å². The normalized spacial score (nSPS) is 10.8. The number of benzene rings is 6. The number of halogens is 5. The van der Waals surface area contributed by atoms with Crippen LogP contribution in [0, 0.1) is 26.0 Å². The van der Waals surface area contributed by atoms with Crippen LogP contribution in [0.5, 0.6) is 28.7 Å². The predicted molar refractivity (Wildman–Crippen MR) is 569 cm³/mol. The van der Waals surface area contributed by atoms with Crippen molar-refractivity contribution in [3.05, 3.63) is 182 Å². The number of alkyl halides is 1. The van der Waals surface area contributed by atoms with E-state index in [0.29, 0.717) is 132 Å². The Morgan fingerprint density at radius 2 is 0.860 bits per heavy atom. The van der Waals surface area contributed by atoms with Gasteiger partial charge in [-0.05, 0) is 131 Å². The van der Waals surface area contributed by atoms with E-state index >= 15 is 0 Å². The molecule has 0 aliphatic carbocycles. The molecule has 3 heterocycles. The van der Waals surface area contributed by atoms with E-state index in [9.17, 15) is 52.7 Å². The lowest BCUT2D eigenvalue weighted by molar-refractivity contribution is -0.387. The van der Waals surface area contributed by atoms with E-state index in [1.165, 1.54) is 52.1 Å². The van der Waals surface area contributed by atoms with Crippen molar-refractivity contribution in [2.75, 3.05) is 287 Å². The average Bonchev–Trinajstić information content (AvgIpc) is 0.807. The van der Waals surface area contributed by atoms with Crippen LogP contribution in [0.1, 0.15) is 6.92 Å². The maximum atomic E-state index is 13.9. The number of ether oxygens (including phenoxy) is 11. The third-order valence-corrected chi connectivity index (χ3v) is 24.5. The molecule has 0 saturated heterocycles. The third kappa shape index (κ3) is 48.0. The highest BCUT2D eigenvalue weighted by molar-refractivity contribution is 9.09. The van der Waals surface area contributed by atoms with Crippen LogP contribution in [0.25, 0.3) is 0 Å². The molecule has 6 aromatic carbocycles. The number of para-hydroxylation sites is 3. The van der Waals surface area contributed by atoms with Gasteiger partial charge in [-0.3, -0.25) is 44.4 Å². The van der Waals surface area contributed by atoms with Crippen molar-refractivity contribution >= 4 is 201 Å². The van der Waals surface area contributed by atoms with Gasteiger partial charge in [-0.15, -0.1) is 0 Å². The number of carbonyl (C=O) groups is 3. The van der Waals surface area contributed by atoms with Gasteiger partial charge in [0.1, 0.15) is 78.0 Å². The van der Waals surface area contributed by atoms with Gasteiger partial charge in [-0.2, -0.15) is 19.3 Å². The number of esters is 1. The van der Waals surface area contributed by atoms with Crippen LogP contribution in [0.3, 0.4) is 0 Å².